The molecule has 0 aromatic heterocycles. The topological polar surface area (TPSA) is 52.6 Å². The molecule has 15 heavy (non-hydrogen) atoms. The zero-order chi connectivity index (χ0) is 10.8. The molecule has 4 heteroatoms. The highest BCUT2D eigenvalue weighted by Crippen LogP contribution is 2.30. The van der Waals surface area contributed by atoms with Crippen molar-refractivity contribution in [2.45, 2.75) is 51.2 Å². The number of carbonyl (C=O) groups is 2. The molecule has 1 aliphatic carbocycles. The maximum atomic E-state index is 11.6. The summed E-state index contributed by atoms with van der Waals surface area (Å²) in [7, 11) is 0. The Balaban J connectivity index is 2.01. The first kappa shape index (κ1) is 10.5. The zero-order valence-electron chi connectivity index (χ0n) is 8.90. The van der Waals surface area contributed by atoms with Crippen molar-refractivity contribution in [3.63, 3.8) is 0 Å². The molecule has 1 heterocycles. The Morgan fingerprint density at radius 2 is 1.67 bits per heavy atom. The number of carbonyl (C=O) groups excluding carboxylic acids is 2. The first-order chi connectivity index (χ1) is 7.18. The number of esters is 2. The van der Waals surface area contributed by atoms with Gasteiger partial charge in [0.1, 0.15) is 0 Å². The maximum Gasteiger partial charge on any atom is 0.348 e. The lowest BCUT2D eigenvalue weighted by Gasteiger charge is -2.32. The fraction of sp³-hybridized carbons (Fsp3) is 0.818. The summed E-state index contributed by atoms with van der Waals surface area (Å²) in [6, 6.07) is 0. The second kappa shape index (κ2) is 4.21. The van der Waals surface area contributed by atoms with Gasteiger partial charge in [-0.3, -0.25) is 0 Å². The molecular formula is C11H16O4. The number of ether oxygens (including phenoxy) is 2. The Morgan fingerprint density at radius 1 is 1.00 bits per heavy atom. The van der Waals surface area contributed by atoms with Crippen LogP contribution in [-0.2, 0) is 19.1 Å². The van der Waals surface area contributed by atoms with Gasteiger partial charge in [0.2, 0.25) is 6.10 Å². The molecule has 0 bridgehead atoms. The lowest BCUT2D eigenvalue weighted by molar-refractivity contribution is -0.198. The molecule has 0 spiro atoms. The highest BCUT2D eigenvalue weighted by molar-refractivity contribution is 5.87. The average molecular weight is 212 g/mol. The van der Waals surface area contributed by atoms with Crippen molar-refractivity contribution in [3.05, 3.63) is 0 Å². The molecule has 2 aliphatic rings. The van der Waals surface area contributed by atoms with Gasteiger partial charge in [0.15, 0.2) is 6.10 Å². The van der Waals surface area contributed by atoms with Crippen molar-refractivity contribution in [3.8, 4) is 0 Å². The van der Waals surface area contributed by atoms with Gasteiger partial charge in [-0.25, -0.2) is 9.59 Å². The van der Waals surface area contributed by atoms with Crippen LogP contribution in [0.3, 0.4) is 0 Å². The summed E-state index contributed by atoms with van der Waals surface area (Å²) >= 11 is 0. The summed E-state index contributed by atoms with van der Waals surface area (Å²) in [6.45, 7) is 1.54. The van der Waals surface area contributed by atoms with Gasteiger partial charge in [-0.1, -0.05) is 19.3 Å². The summed E-state index contributed by atoms with van der Waals surface area (Å²) in [5.41, 5.74) is 0. The Kier molecular flexibility index (Phi) is 2.93. The predicted octanol–water partition coefficient (Wildman–Crippen LogP) is 1.42. The third-order valence-corrected chi connectivity index (χ3v) is 3.18. The SMILES string of the molecule is C[C@@H]1OC(=O)[C@@H](C2CCCCC2)OC1=O. The normalized spacial score (nSPS) is 33.4. The largest absolute Gasteiger partial charge is 0.448 e. The van der Waals surface area contributed by atoms with Crippen molar-refractivity contribution in [1.82, 2.24) is 0 Å². The van der Waals surface area contributed by atoms with Crippen molar-refractivity contribution in [2.24, 2.45) is 5.92 Å². The first-order valence-corrected chi connectivity index (χ1v) is 5.59. The minimum absolute atomic E-state index is 0.169. The highest BCUT2D eigenvalue weighted by Gasteiger charge is 2.40. The molecule has 0 unspecified atom stereocenters. The molecule has 2 rings (SSSR count). The van der Waals surface area contributed by atoms with E-state index in [1.54, 1.807) is 0 Å². The van der Waals surface area contributed by atoms with E-state index in [2.05, 4.69) is 0 Å². The van der Waals surface area contributed by atoms with Crippen LogP contribution < -0.4 is 0 Å². The minimum atomic E-state index is -0.739. The van der Waals surface area contributed by atoms with Gasteiger partial charge in [-0.15, -0.1) is 0 Å². The van der Waals surface area contributed by atoms with Gasteiger partial charge in [0, 0.05) is 5.92 Å². The second-order valence-corrected chi connectivity index (χ2v) is 4.33. The van der Waals surface area contributed by atoms with Gasteiger partial charge in [-0.05, 0) is 19.8 Å². The summed E-state index contributed by atoms with van der Waals surface area (Å²) in [6.07, 6.45) is 3.97. The van der Waals surface area contributed by atoms with Crippen LogP contribution in [0.1, 0.15) is 39.0 Å². The fourth-order valence-corrected chi connectivity index (χ4v) is 2.28. The highest BCUT2D eigenvalue weighted by atomic mass is 16.6. The van der Waals surface area contributed by atoms with Crippen LogP contribution in [0, 0.1) is 5.92 Å². The van der Waals surface area contributed by atoms with E-state index in [0.717, 1.165) is 25.7 Å². The molecule has 84 valence electrons. The van der Waals surface area contributed by atoms with Crippen LogP contribution in [0.5, 0.6) is 0 Å². The third-order valence-electron chi connectivity index (χ3n) is 3.18. The van der Waals surface area contributed by atoms with Gasteiger partial charge in [-0.2, -0.15) is 0 Å². The van der Waals surface area contributed by atoms with Crippen LogP contribution in [-0.4, -0.2) is 24.1 Å². The van der Waals surface area contributed by atoms with Crippen LogP contribution in [0.4, 0.5) is 0 Å². The van der Waals surface area contributed by atoms with E-state index in [1.165, 1.54) is 13.3 Å². The summed E-state index contributed by atoms with van der Waals surface area (Å²) in [5, 5.41) is 0. The zero-order valence-corrected chi connectivity index (χ0v) is 8.90. The number of rotatable bonds is 1. The van der Waals surface area contributed by atoms with Crippen molar-refractivity contribution in [1.29, 1.82) is 0 Å². The van der Waals surface area contributed by atoms with E-state index < -0.39 is 18.2 Å². The molecule has 2 fully saturated rings. The second-order valence-electron chi connectivity index (χ2n) is 4.33. The van der Waals surface area contributed by atoms with Crippen molar-refractivity contribution < 1.29 is 19.1 Å². The number of cyclic esters (lactones) is 2. The lowest BCUT2D eigenvalue weighted by atomic mass is 9.85. The molecule has 0 radical (unpaired) electrons. The van der Waals surface area contributed by atoms with Gasteiger partial charge in [0.05, 0.1) is 0 Å². The quantitative estimate of drug-likeness (QED) is 0.617. The van der Waals surface area contributed by atoms with E-state index in [-0.39, 0.29) is 11.9 Å². The van der Waals surface area contributed by atoms with Crippen molar-refractivity contribution in [2.75, 3.05) is 0 Å². The lowest BCUT2D eigenvalue weighted by Crippen LogP contribution is -2.46. The molecule has 0 aromatic rings. The average Bonchev–Trinajstić information content (AvgIpc) is 2.25. The van der Waals surface area contributed by atoms with Gasteiger partial charge < -0.3 is 9.47 Å². The Bertz CT molecular complexity index is 268. The monoisotopic (exact) mass is 212 g/mol. The molecule has 1 aliphatic heterocycles. The minimum Gasteiger partial charge on any atom is -0.448 e. The first-order valence-electron chi connectivity index (χ1n) is 5.59. The van der Waals surface area contributed by atoms with E-state index in [0.29, 0.717) is 0 Å². The van der Waals surface area contributed by atoms with Crippen LogP contribution in [0.2, 0.25) is 0 Å². The number of hydrogen-bond acceptors (Lipinski definition) is 4. The molecule has 4 nitrogen and oxygen atoms in total. The standard InChI is InChI=1S/C11H16O4/c1-7-10(12)15-9(11(13)14-7)8-5-3-2-4-6-8/h7-9H,2-6H2,1H3/t7-,9+/m0/s1. The van der Waals surface area contributed by atoms with E-state index in [1.807, 2.05) is 0 Å². The van der Waals surface area contributed by atoms with E-state index >= 15 is 0 Å². The summed E-state index contributed by atoms with van der Waals surface area (Å²) in [5.74, 6) is -0.609. The summed E-state index contributed by atoms with van der Waals surface area (Å²) < 4.78 is 10.1. The molecule has 0 N–H and O–H groups in total. The molecule has 1 saturated carbocycles. The third kappa shape index (κ3) is 2.13. The molecule has 1 saturated heterocycles. The van der Waals surface area contributed by atoms with E-state index in [4.69, 9.17) is 9.47 Å². The summed E-state index contributed by atoms with van der Waals surface area (Å²) in [4.78, 5) is 22.8. The smallest absolute Gasteiger partial charge is 0.348 e. The Morgan fingerprint density at radius 3 is 2.33 bits per heavy atom. The molecule has 0 aromatic carbocycles. The maximum absolute atomic E-state index is 11.6. The van der Waals surface area contributed by atoms with Crippen LogP contribution >= 0.6 is 0 Å². The molecular weight excluding hydrogens is 196 g/mol. The number of hydrogen-bond donors (Lipinski definition) is 0. The Hall–Kier alpha value is -1.06. The Labute approximate surface area is 88.9 Å². The van der Waals surface area contributed by atoms with Gasteiger partial charge in [0.25, 0.3) is 0 Å². The molecule has 2 atom stereocenters. The molecule has 0 amide bonds. The van der Waals surface area contributed by atoms with E-state index in [9.17, 15) is 9.59 Å². The van der Waals surface area contributed by atoms with Gasteiger partial charge >= 0.3 is 11.9 Å². The van der Waals surface area contributed by atoms with Crippen LogP contribution in [0.25, 0.3) is 0 Å². The van der Waals surface area contributed by atoms with Crippen molar-refractivity contribution >= 4 is 11.9 Å². The predicted molar refractivity (Wildman–Crippen MR) is 52.0 cm³/mol. The van der Waals surface area contributed by atoms with Crippen LogP contribution in [0.15, 0.2) is 0 Å². The fourth-order valence-electron chi connectivity index (χ4n) is 2.28.